The van der Waals surface area contributed by atoms with Crippen molar-refractivity contribution in [3.8, 4) is 10.6 Å². The first-order chi connectivity index (χ1) is 17.1. The number of benzene rings is 1. The van der Waals surface area contributed by atoms with E-state index in [1.54, 1.807) is 22.7 Å². The molecule has 1 amide bonds. The van der Waals surface area contributed by atoms with Crippen LogP contribution in [-0.4, -0.2) is 33.8 Å². The van der Waals surface area contributed by atoms with E-state index in [0.29, 0.717) is 24.8 Å². The van der Waals surface area contributed by atoms with E-state index in [-0.39, 0.29) is 42.7 Å². The SMILES string of the molecule is CC1(CO)C(O)CCC2(C)C(CC(=O)NCc3cc(F)cc(F)c3)c3nc(-c4ccsc4)sc3CC12. The maximum Gasteiger partial charge on any atom is 0.220 e. The number of nitrogens with one attached hydrogen (secondary N) is 1. The number of fused-ring (bicyclic) bond motifs is 2. The summed E-state index contributed by atoms with van der Waals surface area (Å²) in [6.07, 6.45) is 1.50. The number of nitrogens with zero attached hydrogens (tertiary/aromatic N) is 1. The van der Waals surface area contributed by atoms with Gasteiger partial charge in [0.15, 0.2) is 0 Å². The fourth-order valence-electron chi connectivity index (χ4n) is 6.33. The van der Waals surface area contributed by atoms with Crippen LogP contribution >= 0.6 is 22.7 Å². The molecule has 1 saturated carbocycles. The molecular weight excluding hydrogens is 502 g/mol. The number of amides is 1. The van der Waals surface area contributed by atoms with Crippen molar-refractivity contribution >= 4 is 28.6 Å². The molecule has 5 nitrogen and oxygen atoms in total. The number of rotatable bonds is 6. The van der Waals surface area contributed by atoms with Gasteiger partial charge in [-0.25, -0.2) is 13.8 Å². The first-order valence-corrected chi connectivity index (χ1v) is 13.9. The van der Waals surface area contributed by atoms with Gasteiger partial charge in [0.2, 0.25) is 5.91 Å². The average molecular weight is 533 g/mol. The molecule has 1 fully saturated rings. The third-order valence-electron chi connectivity index (χ3n) is 8.46. The molecule has 2 aliphatic carbocycles. The maximum absolute atomic E-state index is 13.6. The van der Waals surface area contributed by atoms with Gasteiger partial charge in [-0.15, -0.1) is 11.3 Å². The number of carbonyl (C=O) groups is 1. The summed E-state index contributed by atoms with van der Waals surface area (Å²) < 4.78 is 27.2. The lowest BCUT2D eigenvalue weighted by molar-refractivity contribution is -0.144. The lowest BCUT2D eigenvalue weighted by Gasteiger charge is -2.58. The summed E-state index contributed by atoms with van der Waals surface area (Å²) in [5, 5.41) is 29.1. The Morgan fingerprint density at radius 2 is 2.00 bits per heavy atom. The molecular formula is C27H30F2N2O3S2. The van der Waals surface area contributed by atoms with E-state index in [4.69, 9.17) is 4.98 Å². The summed E-state index contributed by atoms with van der Waals surface area (Å²) in [5.74, 6) is -1.83. The van der Waals surface area contributed by atoms with Gasteiger partial charge in [0.25, 0.3) is 0 Å². The zero-order chi connectivity index (χ0) is 25.7. The van der Waals surface area contributed by atoms with E-state index in [1.807, 2.05) is 18.4 Å². The Hall–Kier alpha value is -2.20. The highest BCUT2D eigenvalue weighted by molar-refractivity contribution is 7.15. The van der Waals surface area contributed by atoms with Crippen LogP contribution in [0.2, 0.25) is 0 Å². The van der Waals surface area contributed by atoms with Crippen molar-refractivity contribution < 1.29 is 23.8 Å². The smallest absolute Gasteiger partial charge is 0.220 e. The second-order valence-electron chi connectivity index (χ2n) is 10.6. The third kappa shape index (κ3) is 4.40. The number of thiazole rings is 1. The molecule has 9 heteroatoms. The van der Waals surface area contributed by atoms with Crippen LogP contribution in [-0.2, 0) is 17.8 Å². The summed E-state index contributed by atoms with van der Waals surface area (Å²) in [7, 11) is 0. The summed E-state index contributed by atoms with van der Waals surface area (Å²) >= 11 is 3.23. The van der Waals surface area contributed by atoms with Crippen LogP contribution in [0.4, 0.5) is 8.78 Å². The van der Waals surface area contributed by atoms with Crippen LogP contribution < -0.4 is 5.32 Å². The van der Waals surface area contributed by atoms with Gasteiger partial charge < -0.3 is 15.5 Å². The van der Waals surface area contributed by atoms with E-state index in [9.17, 15) is 23.8 Å². The molecule has 0 spiro atoms. The Kier molecular flexibility index (Phi) is 6.78. The van der Waals surface area contributed by atoms with Crippen LogP contribution in [0.25, 0.3) is 10.6 Å². The molecule has 5 unspecified atom stereocenters. The predicted molar refractivity (Wildman–Crippen MR) is 137 cm³/mol. The number of carbonyl (C=O) groups excluding carboxylic acids is 1. The summed E-state index contributed by atoms with van der Waals surface area (Å²) in [5.41, 5.74) is 1.28. The summed E-state index contributed by atoms with van der Waals surface area (Å²) in [4.78, 5) is 19.3. The first-order valence-electron chi connectivity index (χ1n) is 12.2. The molecule has 0 radical (unpaired) electrons. The van der Waals surface area contributed by atoms with Crippen LogP contribution in [0.3, 0.4) is 0 Å². The van der Waals surface area contributed by atoms with Gasteiger partial charge in [-0.3, -0.25) is 4.79 Å². The number of thiophene rings is 1. The monoisotopic (exact) mass is 532 g/mol. The Bertz CT molecular complexity index is 1240. The number of halogens is 2. The van der Waals surface area contributed by atoms with E-state index < -0.39 is 23.2 Å². The highest BCUT2D eigenvalue weighted by Crippen LogP contribution is 2.62. The Morgan fingerprint density at radius 1 is 1.25 bits per heavy atom. The maximum atomic E-state index is 13.6. The molecule has 0 aliphatic heterocycles. The molecule has 3 aromatic rings. The third-order valence-corrected chi connectivity index (χ3v) is 10.3. The zero-order valence-electron chi connectivity index (χ0n) is 20.3. The van der Waals surface area contributed by atoms with Crippen LogP contribution in [0.15, 0.2) is 35.0 Å². The molecule has 2 aliphatic rings. The second-order valence-corrected chi connectivity index (χ2v) is 12.5. The lowest BCUT2D eigenvalue weighted by Crippen LogP contribution is -2.57. The molecule has 0 saturated heterocycles. The fourth-order valence-corrected chi connectivity index (χ4v) is 8.21. The zero-order valence-corrected chi connectivity index (χ0v) is 21.9. The normalized spacial score (nSPS) is 29.4. The largest absolute Gasteiger partial charge is 0.396 e. The molecule has 0 bridgehead atoms. The number of hydrogen-bond acceptors (Lipinski definition) is 6. The molecule has 2 heterocycles. The van der Waals surface area contributed by atoms with Gasteiger partial charge in [-0.05, 0) is 59.7 Å². The number of aliphatic hydroxyl groups excluding tert-OH is 2. The Balaban J connectivity index is 1.47. The molecule has 3 N–H and O–H groups in total. The van der Waals surface area contributed by atoms with Crippen LogP contribution in [0.5, 0.6) is 0 Å². The van der Waals surface area contributed by atoms with E-state index in [1.165, 1.54) is 12.1 Å². The summed E-state index contributed by atoms with van der Waals surface area (Å²) in [6, 6.07) is 5.26. The lowest BCUT2D eigenvalue weighted by atomic mass is 9.47. The molecule has 2 aromatic heterocycles. The minimum absolute atomic E-state index is 0.0253. The van der Waals surface area contributed by atoms with Crippen molar-refractivity contribution in [1.29, 1.82) is 0 Å². The van der Waals surface area contributed by atoms with Gasteiger partial charge in [-0.2, -0.15) is 11.3 Å². The molecule has 5 atom stereocenters. The predicted octanol–water partition coefficient (Wildman–Crippen LogP) is 5.27. The minimum atomic E-state index is -0.689. The average Bonchev–Trinajstić information content (AvgIpc) is 3.51. The Labute approximate surface area is 217 Å². The minimum Gasteiger partial charge on any atom is -0.396 e. The highest BCUT2D eigenvalue weighted by Gasteiger charge is 2.59. The Morgan fingerprint density at radius 3 is 2.67 bits per heavy atom. The first kappa shape index (κ1) is 25.4. The van der Waals surface area contributed by atoms with Gasteiger partial charge in [0, 0.05) is 46.2 Å². The molecule has 36 heavy (non-hydrogen) atoms. The second kappa shape index (κ2) is 9.59. The van der Waals surface area contributed by atoms with E-state index in [0.717, 1.165) is 27.2 Å². The summed E-state index contributed by atoms with van der Waals surface area (Å²) in [6.45, 7) is 3.99. The van der Waals surface area contributed by atoms with Crippen molar-refractivity contribution in [2.45, 2.75) is 58.1 Å². The van der Waals surface area contributed by atoms with Gasteiger partial charge in [0.1, 0.15) is 16.6 Å². The molecule has 192 valence electrons. The van der Waals surface area contributed by atoms with Crippen molar-refractivity contribution in [3.05, 3.63) is 62.8 Å². The van der Waals surface area contributed by atoms with Crippen molar-refractivity contribution in [2.75, 3.05) is 6.61 Å². The number of aromatic nitrogens is 1. The quantitative estimate of drug-likeness (QED) is 0.404. The van der Waals surface area contributed by atoms with Gasteiger partial charge in [-0.1, -0.05) is 13.8 Å². The van der Waals surface area contributed by atoms with E-state index >= 15 is 0 Å². The van der Waals surface area contributed by atoms with Crippen molar-refractivity contribution in [2.24, 2.45) is 16.7 Å². The molecule has 5 rings (SSSR count). The van der Waals surface area contributed by atoms with Gasteiger partial charge >= 0.3 is 0 Å². The van der Waals surface area contributed by atoms with Crippen LogP contribution in [0, 0.1) is 28.4 Å². The number of aliphatic hydroxyl groups is 2. The van der Waals surface area contributed by atoms with Crippen molar-refractivity contribution in [1.82, 2.24) is 10.3 Å². The fraction of sp³-hybridized carbons (Fsp3) is 0.481. The number of hydrogen-bond donors (Lipinski definition) is 3. The van der Waals surface area contributed by atoms with E-state index in [2.05, 4.69) is 17.6 Å². The molecule has 1 aromatic carbocycles. The highest BCUT2D eigenvalue weighted by atomic mass is 32.1. The topological polar surface area (TPSA) is 82.5 Å². The standard InChI is InChI=1S/C27H30F2N2O3S2/c1-26-5-3-22(33)27(2,14-32)21(26)11-20-24(31-25(36-20)16-4-6-35-13-16)19(26)10-23(34)30-12-15-7-17(28)9-18(29)8-15/h4,6-9,13,19,21-22,32-33H,3,5,10-12,14H2,1-2H3,(H,30,34). The van der Waals surface area contributed by atoms with Crippen LogP contribution in [0.1, 0.15) is 55.2 Å². The van der Waals surface area contributed by atoms with Gasteiger partial charge in [0.05, 0.1) is 18.4 Å². The van der Waals surface area contributed by atoms with Crippen molar-refractivity contribution in [3.63, 3.8) is 0 Å².